The number of nitrogens with one attached hydrogen (secondary N) is 1. The zero-order valence-electron chi connectivity index (χ0n) is 16.3. The second-order valence-corrected chi connectivity index (χ2v) is 6.78. The highest BCUT2D eigenvalue weighted by Gasteiger charge is 2.14. The summed E-state index contributed by atoms with van der Waals surface area (Å²) in [4.78, 5) is 9.10. The van der Waals surface area contributed by atoms with Crippen LogP contribution >= 0.6 is 0 Å². The molecule has 0 atom stereocenters. The van der Waals surface area contributed by atoms with Gasteiger partial charge in [-0.3, -0.25) is 0 Å². The lowest BCUT2D eigenvalue weighted by Gasteiger charge is -2.11. The van der Waals surface area contributed by atoms with Crippen molar-refractivity contribution in [3.63, 3.8) is 0 Å². The van der Waals surface area contributed by atoms with Crippen molar-refractivity contribution >= 4 is 23.2 Å². The lowest BCUT2D eigenvalue weighted by Crippen LogP contribution is -2.10. The van der Waals surface area contributed by atoms with Crippen molar-refractivity contribution < 1.29 is 12.8 Å². The normalized spacial score (nSPS) is 10.6. The van der Waals surface area contributed by atoms with Gasteiger partial charge in [-0.25, -0.2) is 4.98 Å². The molecule has 150 valence electrons. The molecular formula is C20H21N5O3S. The Kier molecular flexibility index (Phi) is 6.50. The van der Waals surface area contributed by atoms with Gasteiger partial charge in [0.1, 0.15) is 11.6 Å². The van der Waals surface area contributed by atoms with Gasteiger partial charge in [-0.2, -0.15) is 23.0 Å². The molecule has 0 unspecified atom stereocenters. The second-order valence-electron chi connectivity index (χ2n) is 6.64. The van der Waals surface area contributed by atoms with Gasteiger partial charge in [0.05, 0.1) is 12.5 Å². The number of furan rings is 1. The number of aryl methyl sites for hydroxylation is 1. The van der Waals surface area contributed by atoms with E-state index in [1.165, 1.54) is 0 Å². The van der Waals surface area contributed by atoms with Crippen LogP contribution in [0.25, 0.3) is 17.0 Å². The fraction of sp³-hybridized carbons (Fsp3) is 0.250. The van der Waals surface area contributed by atoms with Gasteiger partial charge in [0.2, 0.25) is 5.95 Å². The van der Waals surface area contributed by atoms with Gasteiger partial charge in [0.15, 0.2) is 5.65 Å². The molecule has 4 rings (SSSR count). The Hall–Kier alpha value is -3.33. The molecule has 29 heavy (non-hydrogen) atoms. The minimum Gasteiger partial charge on any atom is -0.464 e. The molecule has 0 radical (unpaired) electrons. The van der Waals surface area contributed by atoms with Crippen molar-refractivity contribution in [3.8, 4) is 11.3 Å². The summed E-state index contributed by atoms with van der Waals surface area (Å²) in [6.45, 7) is 6.79. The van der Waals surface area contributed by atoms with Crippen LogP contribution in [0.15, 0.2) is 53.3 Å². The van der Waals surface area contributed by atoms with E-state index in [0.717, 1.165) is 33.9 Å². The summed E-state index contributed by atoms with van der Waals surface area (Å²) in [7, 11) is 0. The summed E-state index contributed by atoms with van der Waals surface area (Å²) in [6.07, 6.45) is 3.56. The summed E-state index contributed by atoms with van der Waals surface area (Å²) in [6, 6.07) is 12.0. The maximum atomic E-state index is 8.29. The third-order valence-corrected chi connectivity index (χ3v) is 4.37. The van der Waals surface area contributed by atoms with E-state index in [-0.39, 0.29) is 0 Å². The van der Waals surface area contributed by atoms with Gasteiger partial charge in [-0.15, -0.1) is 0 Å². The number of nitrogens with zero attached hydrogens (tertiary/aromatic N) is 4. The van der Waals surface area contributed by atoms with Crippen molar-refractivity contribution in [3.05, 3.63) is 65.8 Å². The molecule has 0 aliphatic heterocycles. The topological polar surface area (TPSA) is 102 Å². The molecule has 8 nitrogen and oxygen atoms in total. The van der Waals surface area contributed by atoms with Crippen molar-refractivity contribution in [2.24, 2.45) is 0 Å². The van der Waals surface area contributed by atoms with Crippen molar-refractivity contribution in [2.45, 2.75) is 33.2 Å². The molecule has 3 heterocycles. The monoisotopic (exact) mass is 411 g/mol. The minimum absolute atomic E-state index is 0.356. The van der Waals surface area contributed by atoms with Crippen LogP contribution in [-0.2, 0) is 18.1 Å². The molecule has 0 fully saturated rings. The van der Waals surface area contributed by atoms with Gasteiger partial charge in [-0.05, 0) is 30.5 Å². The van der Waals surface area contributed by atoms with Crippen LogP contribution in [0.3, 0.4) is 0 Å². The molecule has 9 heteroatoms. The zero-order chi connectivity index (χ0) is 20.8. The van der Waals surface area contributed by atoms with Crippen LogP contribution in [0.2, 0.25) is 0 Å². The smallest absolute Gasteiger partial charge is 0.335 e. The van der Waals surface area contributed by atoms with Crippen LogP contribution in [0.1, 0.15) is 36.7 Å². The van der Waals surface area contributed by atoms with Crippen LogP contribution in [0.4, 0.5) is 5.95 Å². The average Bonchev–Trinajstić information content (AvgIpc) is 3.37. The maximum absolute atomic E-state index is 8.29. The first-order chi connectivity index (χ1) is 14.0. The highest BCUT2D eigenvalue weighted by molar-refractivity contribution is 7.51. The third-order valence-electron chi connectivity index (χ3n) is 4.37. The average molecular weight is 411 g/mol. The van der Waals surface area contributed by atoms with E-state index in [9.17, 15) is 0 Å². The second kappa shape index (κ2) is 9.24. The molecule has 0 spiro atoms. The summed E-state index contributed by atoms with van der Waals surface area (Å²) in [5.74, 6) is 2.62. The number of aromatic nitrogens is 4. The number of hydrogen-bond donors (Lipinski definition) is 1. The first kappa shape index (κ1) is 20.4. The Bertz CT molecular complexity index is 1130. The zero-order valence-corrected chi connectivity index (χ0v) is 17.1. The Balaban J connectivity index is 0.000000755. The summed E-state index contributed by atoms with van der Waals surface area (Å²) >= 11 is -0.750. The number of rotatable bonds is 5. The highest BCUT2D eigenvalue weighted by atomic mass is 32.1. The molecule has 0 bridgehead atoms. The van der Waals surface area contributed by atoms with Crippen LogP contribution in [0.5, 0.6) is 0 Å². The molecule has 1 N–H and O–H groups in total. The van der Waals surface area contributed by atoms with Gasteiger partial charge in [0, 0.05) is 17.7 Å². The number of fused-ring (bicyclic) bond motifs is 1. The third kappa shape index (κ3) is 4.57. The fourth-order valence-corrected chi connectivity index (χ4v) is 3.04. The van der Waals surface area contributed by atoms with Crippen LogP contribution < -0.4 is 5.32 Å². The Morgan fingerprint density at radius 3 is 2.59 bits per heavy atom. The predicted octanol–water partition coefficient (Wildman–Crippen LogP) is 3.76. The lowest BCUT2D eigenvalue weighted by molar-refractivity contribution is 0.581. The molecular weight excluding hydrogens is 390 g/mol. The van der Waals surface area contributed by atoms with E-state index in [4.69, 9.17) is 12.8 Å². The number of benzene rings is 1. The van der Waals surface area contributed by atoms with Gasteiger partial charge in [-0.1, -0.05) is 38.1 Å². The summed E-state index contributed by atoms with van der Waals surface area (Å²) in [5, 5.41) is 7.88. The van der Waals surface area contributed by atoms with Gasteiger partial charge in [0.25, 0.3) is 0 Å². The largest absolute Gasteiger partial charge is 0.464 e. The Morgan fingerprint density at radius 2 is 1.90 bits per heavy atom. The summed E-state index contributed by atoms with van der Waals surface area (Å²) < 4.78 is 23.9. The van der Waals surface area contributed by atoms with Crippen LogP contribution in [0, 0.1) is 6.92 Å². The minimum atomic E-state index is -0.750. The van der Waals surface area contributed by atoms with E-state index in [1.807, 2.05) is 37.4 Å². The first-order valence-corrected chi connectivity index (χ1v) is 9.71. The van der Waals surface area contributed by atoms with E-state index in [0.29, 0.717) is 18.4 Å². The maximum Gasteiger partial charge on any atom is 0.335 e. The lowest BCUT2D eigenvalue weighted by atomic mass is 10.1. The predicted molar refractivity (Wildman–Crippen MR) is 110 cm³/mol. The van der Waals surface area contributed by atoms with Gasteiger partial charge >= 0.3 is 11.6 Å². The van der Waals surface area contributed by atoms with Gasteiger partial charge < -0.3 is 9.73 Å². The van der Waals surface area contributed by atoms with Crippen molar-refractivity contribution in [1.29, 1.82) is 0 Å². The fourth-order valence-electron chi connectivity index (χ4n) is 3.04. The highest BCUT2D eigenvalue weighted by Crippen LogP contribution is 2.25. The molecule has 0 saturated carbocycles. The number of anilines is 1. The summed E-state index contributed by atoms with van der Waals surface area (Å²) in [5.41, 5.74) is 4.17. The molecule has 0 amide bonds. The van der Waals surface area contributed by atoms with E-state index in [1.54, 1.807) is 10.8 Å². The molecule has 1 aromatic carbocycles. The standard InChI is InChI=1S/C20H21N5O.O2S/c1-13(2)17-12-22-25-19(17)23-14(3)24-20(25)21-11-15-7-4-5-8-16(15)18-9-6-10-26-18;1-3-2/h4-10,12-13H,11H2,1-3H3,(H,21,23,24);. The molecule has 4 aromatic rings. The molecule has 0 saturated heterocycles. The van der Waals surface area contributed by atoms with Crippen molar-refractivity contribution in [2.75, 3.05) is 5.32 Å². The Morgan fingerprint density at radius 1 is 1.14 bits per heavy atom. The van der Waals surface area contributed by atoms with Crippen molar-refractivity contribution in [1.82, 2.24) is 19.6 Å². The quantitative estimate of drug-likeness (QED) is 0.533. The van der Waals surface area contributed by atoms with E-state index >= 15 is 0 Å². The van der Waals surface area contributed by atoms with E-state index < -0.39 is 11.6 Å². The first-order valence-electron chi connectivity index (χ1n) is 9.04. The molecule has 0 aliphatic rings. The number of hydrogen-bond acceptors (Lipinski definition) is 7. The Labute approximate surface area is 171 Å². The molecule has 0 aliphatic carbocycles. The van der Waals surface area contributed by atoms with E-state index in [2.05, 4.69) is 46.4 Å². The SMILES string of the molecule is Cc1nc(NCc2ccccc2-c2ccco2)n2ncc(C(C)C)c2n1.O=S=O. The van der Waals surface area contributed by atoms with Crippen LogP contribution in [-0.4, -0.2) is 28.0 Å². The molecule has 3 aromatic heterocycles.